The van der Waals surface area contributed by atoms with Crippen LogP contribution in [0.4, 0.5) is 0 Å². The number of benzene rings is 1. The lowest BCUT2D eigenvalue weighted by molar-refractivity contribution is -0.121. The van der Waals surface area contributed by atoms with E-state index in [4.69, 9.17) is 11.6 Å². The number of carbonyl (C=O) groups excluding carboxylic acids is 1. The van der Waals surface area contributed by atoms with Crippen molar-refractivity contribution in [3.8, 4) is 0 Å². The summed E-state index contributed by atoms with van der Waals surface area (Å²) in [4.78, 5) is 23.5. The predicted molar refractivity (Wildman–Crippen MR) is 88.7 cm³/mol. The van der Waals surface area contributed by atoms with Crippen LogP contribution in [0.2, 0.25) is 5.02 Å². The highest BCUT2D eigenvalue weighted by Crippen LogP contribution is 2.20. The van der Waals surface area contributed by atoms with Gasteiger partial charge in [-0.1, -0.05) is 18.5 Å². The van der Waals surface area contributed by atoms with Crippen molar-refractivity contribution in [2.24, 2.45) is 0 Å². The van der Waals surface area contributed by atoms with Crippen molar-refractivity contribution in [1.29, 1.82) is 0 Å². The number of hydrogen-bond acceptors (Lipinski definition) is 5. The van der Waals surface area contributed by atoms with Crippen molar-refractivity contribution < 1.29 is 13.2 Å². The smallest absolute Gasteiger partial charge is 0.267 e. The van der Waals surface area contributed by atoms with E-state index < -0.39 is 21.3 Å². The minimum atomic E-state index is -3.91. The van der Waals surface area contributed by atoms with E-state index in [0.717, 1.165) is 23.2 Å². The van der Waals surface area contributed by atoms with Gasteiger partial charge in [-0.25, -0.2) is 13.1 Å². The number of hydrogen-bond donors (Lipinski definition) is 1. The number of carbonyl (C=O) groups is 1. The molecule has 9 heteroatoms. The summed E-state index contributed by atoms with van der Waals surface area (Å²) < 4.78 is 25.9. The standard InChI is InChI=1S/C15H16ClN3O4S/c1-2-9-17-13(20)10-19-15(21)8-7-14(18-19)24(22,23)12-5-3-11(16)4-6-12/h3-8H,2,9-10H2,1H3,(H,17,20). The Hall–Kier alpha value is -2.19. The van der Waals surface area contributed by atoms with E-state index in [1.807, 2.05) is 6.92 Å². The second kappa shape index (κ2) is 7.59. The molecule has 1 heterocycles. The molecule has 128 valence electrons. The van der Waals surface area contributed by atoms with Crippen LogP contribution in [0.3, 0.4) is 0 Å². The summed E-state index contributed by atoms with van der Waals surface area (Å²) in [7, 11) is -3.91. The SMILES string of the molecule is CCCNC(=O)Cn1nc(S(=O)(=O)c2ccc(Cl)cc2)ccc1=O. The van der Waals surface area contributed by atoms with Crippen LogP contribution in [0.1, 0.15) is 13.3 Å². The number of nitrogens with zero attached hydrogens (tertiary/aromatic N) is 2. The first-order valence-corrected chi connectivity index (χ1v) is 9.06. The summed E-state index contributed by atoms with van der Waals surface area (Å²) in [5, 5.41) is 6.50. The molecule has 0 aliphatic rings. The van der Waals surface area contributed by atoms with Gasteiger partial charge in [0.25, 0.3) is 5.56 Å². The van der Waals surface area contributed by atoms with Gasteiger partial charge in [-0.15, -0.1) is 0 Å². The Morgan fingerprint density at radius 3 is 2.50 bits per heavy atom. The van der Waals surface area contributed by atoms with E-state index in [9.17, 15) is 18.0 Å². The number of nitrogens with one attached hydrogen (secondary N) is 1. The van der Waals surface area contributed by atoms with Crippen LogP contribution in [0, 0.1) is 0 Å². The van der Waals surface area contributed by atoms with Crippen LogP contribution >= 0.6 is 11.6 Å². The molecule has 0 saturated carbocycles. The summed E-state index contributed by atoms with van der Waals surface area (Å²) in [6.45, 7) is 2.02. The molecule has 0 unspecified atom stereocenters. The molecule has 0 aliphatic carbocycles. The van der Waals surface area contributed by atoms with E-state index in [2.05, 4.69) is 10.4 Å². The molecule has 2 rings (SSSR count). The van der Waals surface area contributed by atoms with Crippen molar-refractivity contribution in [1.82, 2.24) is 15.1 Å². The molecule has 0 bridgehead atoms. The number of aromatic nitrogens is 2. The maximum absolute atomic E-state index is 12.5. The minimum absolute atomic E-state index is 0.0000310. The Bertz CT molecular complexity index is 892. The highest BCUT2D eigenvalue weighted by molar-refractivity contribution is 7.91. The molecule has 0 fully saturated rings. The van der Waals surface area contributed by atoms with Gasteiger partial charge in [0.05, 0.1) is 4.90 Å². The Labute approximate surface area is 144 Å². The normalized spacial score (nSPS) is 11.2. The molecule has 0 spiro atoms. The fourth-order valence-corrected chi connectivity index (χ4v) is 3.19. The molecule has 1 N–H and O–H groups in total. The maximum atomic E-state index is 12.5. The first-order chi connectivity index (χ1) is 11.3. The molecule has 0 aliphatic heterocycles. The summed E-state index contributed by atoms with van der Waals surface area (Å²) in [5.74, 6) is -0.410. The summed E-state index contributed by atoms with van der Waals surface area (Å²) in [6, 6.07) is 7.78. The van der Waals surface area contributed by atoms with E-state index in [0.29, 0.717) is 11.6 Å². The molecule has 0 saturated heterocycles. The summed E-state index contributed by atoms with van der Waals surface area (Å²) >= 11 is 5.75. The van der Waals surface area contributed by atoms with Gasteiger partial charge < -0.3 is 5.32 Å². The third-order valence-electron chi connectivity index (χ3n) is 3.11. The van der Waals surface area contributed by atoms with E-state index >= 15 is 0 Å². The number of halogens is 1. The molecule has 2 aromatic rings. The average molecular weight is 370 g/mol. The van der Waals surface area contributed by atoms with Gasteiger partial charge in [0.1, 0.15) is 6.54 Å². The quantitative estimate of drug-likeness (QED) is 0.826. The van der Waals surface area contributed by atoms with E-state index in [-0.39, 0.29) is 16.5 Å². The van der Waals surface area contributed by atoms with Gasteiger partial charge in [0.15, 0.2) is 5.03 Å². The topological polar surface area (TPSA) is 98.1 Å². The van der Waals surface area contributed by atoms with Crippen LogP contribution < -0.4 is 10.9 Å². The largest absolute Gasteiger partial charge is 0.355 e. The van der Waals surface area contributed by atoms with Crippen LogP contribution in [0.25, 0.3) is 0 Å². The number of rotatable bonds is 6. The van der Waals surface area contributed by atoms with E-state index in [1.54, 1.807) is 0 Å². The number of amides is 1. The zero-order valence-corrected chi connectivity index (χ0v) is 14.5. The molecule has 7 nitrogen and oxygen atoms in total. The minimum Gasteiger partial charge on any atom is -0.355 e. The fourth-order valence-electron chi connectivity index (χ4n) is 1.88. The van der Waals surface area contributed by atoms with Gasteiger partial charge in [-0.05, 0) is 36.8 Å². The van der Waals surface area contributed by atoms with Gasteiger partial charge in [0, 0.05) is 17.6 Å². The lowest BCUT2D eigenvalue weighted by atomic mass is 10.4. The summed E-state index contributed by atoms with van der Waals surface area (Å²) in [6.07, 6.45) is 0.749. The molecule has 1 amide bonds. The Balaban J connectivity index is 2.34. The van der Waals surface area contributed by atoms with Gasteiger partial charge in [0.2, 0.25) is 15.7 Å². The molecular weight excluding hydrogens is 354 g/mol. The average Bonchev–Trinajstić information content (AvgIpc) is 2.55. The maximum Gasteiger partial charge on any atom is 0.267 e. The van der Waals surface area contributed by atoms with Crippen LogP contribution in [0.15, 0.2) is 51.1 Å². The van der Waals surface area contributed by atoms with Crippen LogP contribution in [-0.4, -0.2) is 30.7 Å². The third kappa shape index (κ3) is 4.21. The molecule has 1 aromatic heterocycles. The van der Waals surface area contributed by atoms with Crippen molar-refractivity contribution in [3.05, 3.63) is 51.8 Å². The lowest BCUT2D eigenvalue weighted by Gasteiger charge is -2.08. The van der Waals surface area contributed by atoms with Gasteiger partial charge in [-0.3, -0.25) is 9.59 Å². The molecule has 0 atom stereocenters. The zero-order valence-electron chi connectivity index (χ0n) is 12.9. The second-order valence-electron chi connectivity index (χ2n) is 4.97. The van der Waals surface area contributed by atoms with E-state index in [1.165, 1.54) is 24.3 Å². The Morgan fingerprint density at radius 2 is 1.88 bits per heavy atom. The number of sulfone groups is 1. The van der Waals surface area contributed by atoms with Crippen molar-refractivity contribution in [3.63, 3.8) is 0 Å². The monoisotopic (exact) mass is 369 g/mol. The molecule has 24 heavy (non-hydrogen) atoms. The third-order valence-corrected chi connectivity index (χ3v) is 5.02. The van der Waals surface area contributed by atoms with Crippen molar-refractivity contribution >= 4 is 27.3 Å². The van der Waals surface area contributed by atoms with Crippen molar-refractivity contribution in [2.45, 2.75) is 29.8 Å². The van der Waals surface area contributed by atoms with Gasteiger partial charge >= 0.3 is 0 Å². The fraction of sp³-hybridized carbons (Fsp3) is 0.267. The highest BCUT2D eigenvalue weighted by atomic mass is 35.5. The molecular formula is C15H16ClN3O4S. The Kier molecular flexibility index (Phi) is 5.74. The summed E-state index contributed by atoms with van der Waals surface area (Å²) in [5.41, 5.74) is -0.559. The van der Waals surface area contributed by atoms with Crippen LogP contribution in [-0.2, 0) is 21.2 Å². The Morgan fingerprint density at radius 1 is 1.21 bits per heavy atom. The van der Waals surface area contributed by atoms with Crippen molar-refractivity contribution in [2.75, 3.05) is 6.54 Å². The molecule has 1 aromatic carbocycles. The van der Waals surface area contributed by atoms with Crippen LogP contribution in [0.5, 0.6) is 0 Å². The lowest BCUT2D eigenvalue weighted by Crippen LogP contribution is -2.34. The second-order valence-corrected chi connectivity index (χ2v) is 7.31. The first kappa shape index (κ1) is 18.2. The van der Waals surface area contributed by atoms with Gasteiger partial charge in [-0.2, -0.15) is 5.10 Å². The highest BCUT2D eigenvalue weighted by Gasteiger charge is 2.20. The zero-order chi connectivity index (χ0) is 17.7. The first-order valence-electron chi connectivity index (χ1n) is 7.20. The molecule has 0 radical (unpaired) electrons. The predicted octanol–water partition coefficient (Wildman–Crippen LogP) is 1.26.